The Morgan fingerprint density at radius 3 is 2.68 bits per heavy atom. The van der Waals surface area contributed by atoms with Crippen LogP contribution in [0.3, 0.4) is 0 Å². The summed E-state index contributed by atoms with van der Waals surface area (Å²) in [6.45, 7) is 1.07. The molecule has 5 rings (SSSR count). The van der Waals surface area contributed by atoms with Crippen molar-refractivity contribution in [1.82, 2.24) is 25.1 Å². The molecule has 0 saturated heterocycles. The first-order valence-corrected chi connectivity index (χ1v) is 10.0. The van der Waals surface area contributed by atoms with E-state index in [1.165, 1.54) is 19.3 Å². The fraction of sp³-hybridized carbons (Fsp3) is 0.364. The van der Waals surface area contributed by atoms with Crippen LogP contribution < -0.4 is 0 Å². The first-order valence-electron chi connectivity index (χ1n) is 10.0. The van der Waals surface area contributed by atoms with Crippen LogP contribution in [0, 0.1) is 0 Å². The maximum Gasteiger partial charge on any atom is 0.257 e. The number of carbonyl (C=O) groups is 1. The molecular weight excluding hydrogens is 350 g/mol. The van der Waals surface area contributed by atoms with E-state index >= 15 is 0 Å². The molecule has 1 saturated carbocycles. The SMILES string of the molecule is O=C(c1cn[nH]c1C1CCCCC1)N1Cc2cnc(-c3ccccc3)nc2C1. The van der Waals surface area contributed by atoms with Crippen LogP contribution in [0.2, 0.25) is 0 Å². The Morgan fingerprint density at radius 2 is 1.86 bits per heavy atom. The second kappa shape index (κ2) is 7.19. The zero-order chi connectivity index (χ0) is 18.9. The van der Waals surface area contributed by atoms with Gasteiger partial charge in [-0.1, -0.05) is 49.6 Å². The van der Waals surface area contributed by atoms with E-state index in [0.29, 0.717) is 24.8 Å². The van der Waals surface area contributed by atoms with E-state index in [0.717, 1.165) is 40.9 Å². The second-order valence-electron chi connectivity index (χ2n) is 7.73. The highest BCUT2D eigenvalue weighted by Gasteiger charge is 2.30. The summed E-state index contributed by atoms with van der Waals surface area (Å²) in [5.41, 5.74) is 4.68. The number of nitrogens with zero attached hydrogens (tertiary/aromatic N) is 4. The van der Waals surface area contributed by atoms with Crippen molar-refractivity contribution >= 4 is 5.91 Å². The lowest BCUT2D eigenvalue weighted by molar-refractivity contribution is 0.0748. The molecule has 6 nitrogen and oxygen atoms in total. The summed E-state index contributed by atoms with van der Waals surface area (Å²) in [6, 6.07) is 9.94. The van der Waals surface area contributed by atoms with E-state index < -0.39 is 0 Å². The van der Waals surface area contributed by atoms with Crippen molar-refractivity contribution in [1.29, 1.82) is 0 Å². The average Bonchev–Trinajstić information content (AvgIpc) is 3.41. The van der Waals surface area contributed by atoms with Crippen LogP contribution >= 0.6 is 0 Å². The number of amides is 1. The molecule has 3 aromatic rings. The zero-order valence-electron chi connectivity index (χ0n) is 15.8. The van der Waals surface area contributed by atoms with E-state index in [2.05, 4.69) is 15.2 Å². The van der Waals surface area contributed by atoms with Gasteiger partial charge in [-0.05, 0) is 12.8 Å². The van der Waals surface area contributed by atoms with Crippen molar-refractivity contribution in [2.75, 3.05) is 0 Å². The second-order valence-corrected chi connectivity index (χ2v) is 7.73. The first-order chi connectivity index (χ1) is 13.8. The van der Waals surface area contributed by atoms with Gasteiger partial charge in [0.05, 0.1) is 29.7 Å². The summed E-state index contributed by atoms with van der Waals surface area (Å²) in [5, 5.41) is 7.30. The van der Waals surface area contributed by atoms with Gasteiger partial charge in [0.15, 0.2) is 5.82 Å². The molecule has 0 atom stereocenters. The molecule has 0 unspecified atom stereocenters. The number of benzene rings is 1. The van der Waals surface area contributed by atoms with Gasteiger partial charge in [0, 0.05) is 29.8 Å². The first kappa shape index (κ1) is 17.1. The number of fused-ring (bicyclic) bond motifs is 1. The summed E-state index contributed by atoms with van der Waals surface area (Å²) >= 11 is 0. The highest BCUT2D eigenvalue weighted by molar-refractivity contribution is 5.95. The number of aromatic amines is 1. The number of rotatable bonds is 3. The van der Waals surface area contributed by atoms with Gasteiger partial charge in [-0.3, -0.25) is 9.89 Å². The van der Waals surface area contributed by atoms with Crippen LogP contribution in [-0.4, -0.2) is 31.0 Å². The summed E-state index contributed by atoms with van der Waals surface area (Å²) in [5.74, 6) is 1.16. The number of aromatic nitrogens is 4. The van der Waals surface area contributed by atoms with E-state index in [1.54, 1.807) is 6.20 Å². The molecule has 1 amide bonds. The van der Waals surface area contributed by atoms with Crippen molar-refractivity contribution in [3.05, 3.63) is 65.2 Å². The molecule has 28 heavy (non-hydrogen) atoms. The van der Waals surface area contributed by atoms with Gasteiger partial charge in [0.2, 0.25) is 0 Å². The minimum absolute atomic E-state index is 0.0357. The molecule has 6 heteroatoms. The number of hydrogen-bond donors (Lipinski definition) is 1. The highest BCUT2D eigenvalue weighted by atomic mass is 16.2. The number of hydrogen-bond acceptors (Lipinski definition) is 4. The van der Waals surface area contributed by atoms with Crippen molar-refractivity contribution in [2.24, 2.45) is 0 Å². The van der Waals surface area contributed by atoms with Crippen LogP contribution in [0.5, 0.6) is 0 Å². The van der Waals surface area contributed by atoms with Crippen molar-refractivity contribution < 1.29 is 4.79 Å². The normalized spacial score (nSPS) is 16.9. The third-order valence-corrected chi connectivity index (χ3v) is 5.89. The average molecular weight is 373 g/mol. The van der Waals surface area contributed by atoms with Crippen LogP contribution in [-0.2, 0) is 13.1 Å². The van der Waals surface area contributed by atoms with Crippen LogP contribution in [0.15, 0.2) is 42.7 Å². The number of H-pyrrole nitrogens is 1. The van der Waals surface area contributed by atoms with Crippen molar-refractivity contribution in [3.8, 4) is 11.4 Å². The third kappa shape index (κ3) is 3.09. The predicted octanol–water partition coefficient (Wildman–Crippen LogP) is 4.07. The van der Waals surface area contributed by atoms with E-state index in [1.807, 2.05) is 41.4 Å². The Hall–Kier alpha value is -3.02. The summed E-state index contributed by atoms with van der Waals surface area (Å²) in [4.78, 5) is 24.3. The molecule has 142 valence electrons. The minimum atomic E-state index is 0.0357. The third-order valence-electron chi connectivity index (χ3n) is 5.89. The Morgan fingerprint density at radius 1 is 1.04 bits per heavy atom. The molecule has 2 aliphatic rings. The molecule has 1 N–H and O–H groups in total. The fourth-order valence-electron chi connectivity index (χ4n) is 4.36. The lowest BCUT2D eigenvalue weighted by Gasteiger charge is -2.22. The maximum absolute atomic E-state index is 13.2. The van der Waals surface area contributed by atoms with Gasteiger partial charge in [-0.25, -0.2) is 9.97 Å². The molecule has 1 aliphatic heterocycles. The van der Waals surface area contributed by atoms with Crippen LogP contribution in [0.25, 0.3) is 11.4 Å². The fourth-order valence-corrected chi connectivity index (χ4v) is 4.36. The van der Waals surface area contributed by atoms with E-state index in [4.69, 9.17) is 4.98 Å². The quantitative estimate of drug-likeness (QED) is 0.751. The number of carbonyl (C=O) groups excluding carboxylic acids is 1. The van der Waals surface area contributed by atoms with Gasteiger partial charge in [-0.2, -0.15) is 5.10 Å². The molecule has 0 radical (unpaired) electrons. The minimum Gasteiger partial charge on any atom is -0.328 e. The molecule has 0 bridgehead atoms. The Balaban J connectivity index is 1.37. The largest absolute Gasteiger partial charge is 0.328 e. The summed E-state index contributed by atoms with van der Waals surface area (Å²) < 4.78 is 0. The standard InChI is InChI=1S/C22H23N5O/c28-22(18-12-24-26-20(18)15-7-3-1-4-8-15)27-13-17-11-23-21(25-19(17)14-27)16-9-5-2-6-10-16/h2,5-6,9-12,15H,1,3-4,7-8,13-14H2,(H,24,26). The van der Waals surface area contributed by atoms with E-state index in [-0.39, 0.29) is 5.91 Å². The monoisotopic (exact) mass is 373 g/mol. The smallest absolute Gasteiger partial charge is 0.257 e. The van der Waals surface area contributed by atoms with Gasteiger partial charge in [0.25, 0.3) is 5.91 Å². The molecule has 1 aromatic carbocycles. The van der Waals surface area contributed by atoms with Gasteiger partial charge in [-0.15, -0.1) is 0 Å². The molecular formula is C22H23N5O. The van der Waals surface area contributed by atoms with Crippen molar-refractivity contribution in [3.63, 3.8) is 0 Å². The zero-order valence-corrected chi connectivity index (χ0v) is 15.8. The van der Waals surface area contributed by atoms with Gasteiger partial charge >= 0.3 is 0 Å². The van der Waals surface area contributed by atoms with E-state index in [9.17, 15) is 4.79 Å². The molecule has 3 heterocycles. The van der Waals surface area contributed by atoms with Crippen LogP contribution in [0.1, 0.15) is 65.3 Å². The summed E-state index contributed by atoms with van der Waals surface area (Å²) in [7, 11) is 0. The molecule has 2 aromatic heterocycles. The van der Waals surface area contributed by atoms with Crippen LogP contribution in [0.4, 0.5) is 0 Å². The van der Waals surface area contributed by atoms with Crippen molar-refractivity contribution in [2.45, 2.75) is 51.1 Å². The topological polar surface area (TPSA) is 74.8 Å². The predicted molar refractivity (Wildman–Crippen MR) is 105 cm³/mol. The maximum atomic E-state index is 13.2. The Bertz CT molecular complexity index is 991. The number of nitrogens with one attached hydrogen (secondary N) is 1. The van der Waals surface area contributed by atoms with Gasteiger partial charge < -0.3 is 4.90 Å². The lowest BCUT2D eigenvalue weighted by Crippen LogP contribution is -2.26. The molecule has 0 spiro atoms. The lowest BCUT2D eigenvalue weighted by atomic mass is 9.85. The van der Waals surface area contributed by atoms with Gasteiger partial charge in [0.1, 0.15) is 0 Å². The molecule has 1 fully saturated rings. The summed E-state index contributed by atoms with van der Waals surface area (Å²) in [6.07, 6.45) is 9.56. The Kier molecular flexibility index (Phi) is 4.39. The molecule has 1 aliphatic carbocycles. The Labute approximate surface area is 164 Å². The highest BCUT2D eigenvalue weighted by Crippen LogP contribution is 2.34.